The molecule has 0 spiro atoms. The second-order valence-corrected chi connectivity index (χ2v) is 3.25. The van der Waals surface area contributed by atoms with Crippen molar-refractivity contribution in [1.82, 2.24) is 0 Å². The minimum Gasteiger partial charge on any atom is -0.480 e. The van der Waals surface area contributed by atoms with Gasteiger partial charge < -0.3 is 5.11 Å². The van der Waals surface area contributed by atoms with Crippen LogP contribution in [0.4, 0.5) is 0 Å². The lowest BCUT2D eigenvalue weighted by Crippen LogP contribution is -2.32. The Morgan fingerprint density at radius 1 is 1.38 bits per heavy atom. The highest BCUT2D eigenvalue weighted by Gasteiger charge is 2.39. The summed E-state index contributed by atoms with van der Waals surface area (Å²) in [5.41, 5.74) is 0.0637. The van der Waals surface area contributed by atoms with Crippen LogP contribution in [0.15, 0.2) is 48.1 Å². The maximum atomic E-state index is 11.2. The number of carboxylic acid groups (broad SMARTS) is 1. The fraction of sp³-hybridized carbons (Fsp3) is 0.182. The fourth-order valence-electron chi connectivity index (χ4n) is 1.72. The summed E-state index contributed by atoms with van der Waals surface area (Å²) >= 11 is 0. The summed E-state index contributed by atoms with van der Waals surface area (Å²) in [5, 5.41) is 9.16. The molecule has 2 rings (SSSR count). The molecule has 0 aromatic heterocycles. The standard InChI is InChI=1S/C11H10O2/c12-10(13)11-7-3-1-5-9(11)6-2-4-8-11/h1-7H,8H2,(H,12,13). The van der Waals surface area contributed by atoms with Gasteiger partial charge in [0, 0.05) is 0 Å². The van der Waals surface area contributed by atoms with Crippen LogP contribution in [-0.4, -0.2) is 11.1 Å². The van der Waals surface area contributed by atoms with Crippen LogP contribution in [0.1, 0.15) is 6.42 Å². The Bertz CT molecular complexity index is 358. The molecule has 0 aromatic carbocycles. The molecule has 0 saturated heterocycles. The van der Waals surface area contributed by atoms with E-state index in [4.69, 9.17) is 5.11 Å². The Hall–Kier alpha value is -1.57. The van der Waals surface area contributed by atoms with Crippen LogP contribution in [0.3, 0.4) is 0 Å². The number of rotatable bonds is 1. The van der Waals surface area contributed by atoms with Crippen molar-refractivity contribution in [3.05, 3.63) is 48.1 Å². The molecule has 0 aliphatic heterocycles. The first-order valence-electron chi connectivity index (χ1n) is 4.22. The zero-order chi connectivity index (χ0) is 9.31. The van der Waals surface area contributed by atoms with Crippen molar-refractivity contribution in [2.24, 2.45) is 5.41 Å². The summed E-state index contributed by atoms with van der Waals surface area (Å²) in [6.45, 7) is 0. The highest BCUT2D eigenvalue weighted by Crippen LogP contribution is 2.39. The van der Waals surface area contributed by atoms with Crippen LogP contribution in [0, 0.1) is 5.41 Å². The number of aliphatic carboxylic acids is 1. The second-order valence-electron chi connectivity index (χ2n) is 3.25. The topological polar surface area (TPSA) is 37.3 Å². The van der Waals surface area contributed by atoms with E-state index in [0.29, 0.717) is 6.42 Å². The van der Waals surface area contributed by atoms with Crippen LogP contribution in [-0.2, 0) is 4.79 Å². The maximum absolute atomic E-state index is 11.2. The van der Waals surface area contributed by atoms with E-state index in [9.17, 15) is 4.79 Å². The van der Waals surface area contributed by atoms with Crippen molar-refractivity contribution in [3.8, 4) is 0 Å². The van der Waals surface area contributed by atoms with Crippen molar-refractivity contribution >= 4 is 5.97 Å². The summed E-state index contributed by atoms with van der Waals surface area (Å²) in [4.78, 5) is 11.2. The molecule has 1 N–H and O–H groups in total. The van der Waals surface area contributed by atoms with Gasteiger partial charge in [-0.2, -0.15) is 0 Å². The Morgan fingerprint density at radius 2 is 2.23 bits per heavy atom. The smallest absolute Gasteiger partial charge is 0.318 e. The van der Waals surface area contributed by atoms with Gasteiger partial charge in [-0.15, -0.1) is 0 Å². The predicted molar refractivity (Wildman–Crippen MR) is 50.2 cm³/mol. The van der Waals surface area contributed by atoms with Crippen LogP contribution in [0.5, 0.6) is 0 Å². The molecule has 0 radical (unpaired) electrons. The molecule has 2 aliphatic carbocycles. The van der Waals surface area contributed by atoms with Crippen LogP contribution in [0.2, 0.25) is 0 Å². The first kappa shape index (κ1) is 8.05. The lowest BCUT2D eigenvalue weighted by Gasteiger charge is -2.29. The lowest BCUT2D eigenvalue weighted by atomic mass is 9.72. The van der Waals surface area contributed by atoms with E-state index in [-0.39, 0.29) is 0 Å². The summed E-state index contributed by atoms with van der Waals surface area (Å²) < 4.78 is 0. The van der Waals surface area contributed by atoms with Crippen molar-refractivity contribution in [2.75, 3.05) is 0 Å². The number of allylic oxidation sites excluding steroid dienone is 6. The van der Waals surface area contributed by atoms with Crippen molar-refractivity contribution < 1.29 is 9.90 Å². The van der Waals surface area contributed by atoms with E-state index in [2.05, 4.69) is 0 Å². The Kier molecular flexibility index (Phi) is 1.69. The SMILES string of the molecule is O=C(O)C12C=CC=CC1=CC=CC2. The molecule has 13 heavy (non-hydrogen) atoms. The molecule has 1 atom stereocenters. The van der Waals surface area contributed by atoms with Gasteiger partial charge in [-0.3, -0.25) is 4.79 Å². The Morgan fingerprint density at radius 3 is 2.92 bits per heavy atom. The van der Waals surface area contributed by atoms with Gasteiger partial charge in [-0.25, -0.2) is 0 Å². The monoisotopic (exact) mass is 174 g/mol. The van der Waals surface area contributed by atoms with Gasteiger partial charge in [0.25, 0.3) is 0 Å². The van der Waals surface area contributed by atoms with Gasteiger partial charge in [0.1, 0.15) is 5.41 Å². The van der Waals surface area contributed by atoms with E-state index < -0.39 is 11.4 Å². The fourth-order valence-corrected chi connectivity index (χ4v) is 1.72. The molecule has 66 valence electrons. The summed E-state index contributed by atoms with van der Waals surface area (Å²) in [6.07, 6.45) is 13.5. The van der Waals surface area contributed by atoms with Gasteiger partial charge in [0.15, 0.2) is 0 Å². The average Bonchev–Trinajstić information content (AvgIpc) is 2.17. The molecule has 2 nitrogen and oxygen atoms in total. The number of hydrogen-bond acceptors (Lipinski definition) is 1. The molecule has 1 unspecified atom stereocenters. The predicted octanol–water partition coefficient (Wildman–Crippen LogP) is 2.07. The second kappa shape index (κ2) is 2.73. The molecule has 0 amide bonds. The van der Waals surface area contributed by atoms with Gasteiger partial charge in [-0.05, 0) is 12.0 Å². The van der Waals surface area contributed by atoms with Gasteiger partial charge in [0.05, 0.1) is 0 Å². The minimum atomic E-state index is -0.802. The van der Waals surface area contributed by atoms with Gasteiger partial charge in [0.2, 0.25) is 0 Å². The molecule has 0 saturated carbocycles. The third-order valence-electron chi connectivity index (χ3n) is 2.52. The molecular formula is C11H10O2. The molecule has 0 bridgehead atoms. The molecule has 0 aromatic rings. The lowest BCUT2D eigenvalue weighted by molar-refractivity contribution is -0.143. The van der Waals surface area contributed by atoms with E-state index >= 15 is 0 Å². The average molecular weight is 174 g/mol. The zero-order valence-corrected chi connectivity index (χ0v) is 7.10. The number of carboxylic acids is 1. The van der Waals surface area contributed by atoms with Crippen LogP contribution in [0.25, 0.3) is 0 Å². The summed E-state index contributed by atoms with van der Waals surface area (Å²) in [5.74, 6) is -0.774. The Labute approximate surface area is 76.6 Å². The van der Waals surface area contributed by atoms with Crippen molar-refractivity contribution in [3.63, 3.8) is 0 Å². The molecular weight excluding hydrogens is 164 g/mol. The highest BCUT2D eigenvalue weighted by atomic mass is 16.4. The largest absolute Gasteiger partial charge is 0.480 e. The third kappa shape index (κ3) is 1.06. The zero-order valence-electron chi connectivity index (χ0n) is 7.10. The minimum absolute atomic E-state index is 0.551. The van der Waals surface area contributed by atoms with E-state index in [0.717, 1.165) is 5.57 Å². The van der Waals surface area contributed by atoms with Crippen molar-refractivity contribution in [2.45, 2.75) is 6.42 Å². The highest BCUT2D eigenvalue weighted by molar-refractivity contribution is 5.84. The van der Waals surface area contributed by atoms with Gasteiger partial charge >= 0.3 is 5.97 Å². The quantitative estimate of drug-likeness (QED) is 0.660. The van der Waals surface area contributed by atoms with E-state index in [1.807, 2.05) is 30.4 Å². The van der Waals surface area contributed by atoms with E-state index in [1.54, 1.807) is 12.2 Å². The van der Waals surface area contributed by atoms with Crippen LogP contribution >= 0.6 is 0 Å². The first-order chi connectivity index (χ1) is 6.26. The normalized spacial score (nSPS) is 29.7. The van der Waals surface area contributed by atoms with Crippen LogP contribution < -0.4 is 0 Å². The Balaban J connectivity index is 2.51. The summed E-state index contributed by atoms with van der Waals surface area (Å²) in [6, 6.07) is 0. The third-order valence-corrected chi connectivity index (χ3v) is 2.52. The number of hydrogen-bond donors (Lipinski definition) is 1. The van der Waals surface area contributed by atoms with E-state index in [1.165, 1.54) is 0 Å². The summed E-state index contributed by atoms with van der Waals surface area (Å²) in [7, 11) is 0. The molecule has 2 heteroatoms. The van der Waals surface area contributed by atoms with Crippen molar-refractivity contribution in [1.29, 1.82) is 0 Å². The molecule has 0 heterocycles. The van der Waals surface area contributed by atoms with Gasteiger partial charge in [-0.1, -0.05) is 42.5 Å². The number of fused-ring (bicyclic) bond motifs is 1. The maximum Gasteiger partial charge on any atom is 0.318 e. The first-order valence-corrected chi connectivity index (χ1v) is 4.22. The molecule has 2 aliphatic rings. The number of carbonyl (C=O) groups is 1. The molecule has 0 fully saturated rings.